The predicted octanol–water partition coefficient (Wildman–Crippen LogP) is 3.08. The van der Waals surface area contributed by atoms with Crippen molar-refractivity contribution in [1.29, 1.82) is 0 Å². The van der Waals surface area contributed by atoms with Gasteiger partial charge in [-0.05, 0) is 38.3 Å². The zero-order valence-corrected chi connectivity index (χ0v) is 14.8. The molecule has 1 aromatic carbocycles. The van der Waals surface area contributed by atoms with Gasteiger partial charge in [0.05, 0.1) is 0 Å². The fourth-order valence-electron chi connectivity index (χ4n) is 3.12. The van der Waals surface area contributed by atoms with Crippen LogP contribution in [0.1, 0.15) is 46.1 Å². The number of amides is 1. The lowest BCUT2D eigenvalue weighted by atomic mass is 10.1. The van der Waals surface area contributed by atoms with Crippen LogP contribution in [0.15, 0.2) is 24.3 Å². The number of carbonyl (C=O) groups excluding carboxylic acids is 1. The largest absolute Gasteiger partial charge is 0.345 e. The molecule has 0 bridgehead atoms. The Labute approximate surface area is 146 Å². The second-order valence-electron chi connectivity index (χ2n) is 6.70. The Morgan fingerprint density at radius 2 is 2.04 bits per heavy atom. The van der Waals surface area contributed by atoms with Crippen LogP contribution in [0.25, 0.3) is 0 Å². The van der Waals surface area contributed by atoms with Crippen LogP contribution in [0.3, 0.4) is 0 Å². The lowest BCUT2D eigenvalue weighted by Crippen LogP contribution is -2.35. The molecule has 2 fully saturated rings. The first-order valence-corrected chi connectivity index (χ1v) is 9.46. The van der Waals surface area contributed by atoms with Crippen molar-refractivity contribution < 1.29 is 4.79 Å². The summed E-state index contributed by atoms with van der Waals surface area (Å²) in [5.74, 6) is 0.791. The molecule has 4 rings (SSSR count). The highest BCUT2D eigenvalue weighted by Crippen LogP contribution is 2.42. The molecule has 0 radical (unpaired) electrons. The minimum absolute atomic E-state index is 0.136. The molecule has 1 aromatic heterocycles. The zero-order chi connectivity index (χ0) is 16.5. The van der Waals surface area contributed by atoms with E-state index in [-0.39, 0.29) is 5.91 Å². The Bertz CT molecular complexity index is 740. The Balaban J connectivity index is 1.42. The summed E-state index contributed by atoms with van der Waals surface area (Å²) in [6, 6.07) is 7.85. The number of hydrogen-bond donors (Lipinski definition) is 0. The maximum atomic E-state index is 12.7. The van der Waals surface area contributed by atoms with Crippen LogP contribution in [-0.4, -0.2) is 47.2 Å². The number of nitrogens with zero attached hydrogens (tertiary/aromatic N) is 4. The first-order chi connectivity index (χ1) is 11.7. The summed E-state index contributed by atoms with van der Waals surface area (Å²) in [7, 11) is 0. The van der Waals surface area contributed by atoms with Crippen LogP contribution in [0.4, 0.5) is 5.13 Å². The fraction of sp³-hybridized carbons (Fsp3) is 0.500. The van der Waals surface area contributed by atoms with E-state index < -0.39 is 0 Å². The number of rotatable bonds is 3. The van der Waals surface area contributed by atoms with Crippen molar-refractivity contribution in [2.45, 2.75) is 32.1 Å². The first kappa shape index (κ1) is 15.6. The van der Waals surface area contributed by atoms with Gasteiger partial charge in [0, 0.05) is 37.7 Å². The number of anilines is 1. The van der Waals surface area contributed by atoms with E-state index in [0.29, 0.717) is 5.92 Å². The molecule has 0 N–H and O–H groups in total. The van der Waals surface area contributed by atoms with E-state index in [4.69, 9.17) is 0 Å². The van der Waals surface area contributed by atoms with Gasteiger partial charge >= 0.3 is 0 Å². The fourth-order valence-corrected chi connectivity index (χ4v) is 4.19. The Kier molecular flexibility index (Phi) is 4.22. The van der Waals surface area contributed by atoms with Gasteiger partial charge in [0.15, 0.2) is 0 Å². The number of hydrogen-bond acceptors (Lipinski definition) is 5. The Morgan fingerprint density at radius 3 is 2.83 bits per heavy atom. The molecule has 126 valence electrons. The highest BCUT2D eigenvalue weighted by Gasteiger charge is 2.29. The normalized spacial score (nSPS) is 18.5. The van der Waals surface area contributed by atoms with E-state index in [1.165, 1.54) is 17.8 Å². The maximum absolute atomic E-state index is 12.7. The van der Waals surface area contributed by atoms with Gasteiger partial charge in [-0.2, -0.15) is 0 Å². The average Bonchev–Trinajstić information content (AvgIpc) is 3.37. The molecular weight excluding hydrogens is 320 g/mol. The van der Waals surface area contributed by atoms with Gasteiger partial charge in [-0.15, -0.1) is 10.2 Å². The third-order valence-corrected chi connectivity index (χ3v) is 5.82. The average molecular weight is 342 g/mol. The van der Waals surface area contributed by atoms with Crippen molar-refractivity contribution in [3.8, 4) is 0 Å². The second kappa shape index (κ2) is 6.51. The van der Waals surface area contributed by atoms with Gasteiger partial charge in [0.25, 0.3) is 5.91 Å². The highest BCUT2D eigenvalue weighted by atomic mass is 32.1. The monoisotopic (exact) mass is 342 g/mol. The van der Waals surface area contributed by atoms with Crippen molar-refractivity contribution in [3.63, 3.8) is 0 Å². The lowest BCUT2D eigenvalue weighted by molar-refractivity contribution is 0.0767. The molecule has 2 aromatic rings. The molecule has 1 aliphatic carbocycles. The first-order valence-electron chi connectivity index (χ1n) is 8.65. The minimum Gasteiger partial charge on any atom is -0.345 e. The van der Waals surface area contributed by atoms with Crippen LogP contribution in [-0.2, 0) is 0 Å². The number of aromatic nitrogens is 2. The summed E-state index contributed by atoms with van der Waals surface area (Å²) in [4.78, 5) is 17.0. The SMILES string of the molecule is Cc1cccc(C(=O)N2CCCN(c3nnc(C4CC4)s3)CC2)c1. The predicted molar refractivity (Wildman–Crippen MR) is 95.8 cm³/mol. The maximum Gasteiger partial charge on any atom is 0.253 e. The van der Waals surface area contributed by atoms with E-state index in [9.17, 15) is 4.79 Å². The van der Waals surface area contributed by atoms with Gasteiger partial charge < -0.3 is 9.80 Å². The highest BCUT2D eigenvalue weighted by molar-refractivity contribution is 7.15. The van der Waals surface area contributed by atoms with Gasteiger partial charge in [0.2, 0.25) is 5.13 Å². The molecule has 6 heteroatoms. The quantitative estimate of drug-likeness (QED) is 0.860. The summed E-state index contributed by atoms with van der Waals surface area (Å²) >= 11 is 1.73. The summed E-state index contributed by atoms with van der Waals surface area (Å²) in [5.41, 5.74) is 1.91. The van der Waals surface area contributed by atoms with Crippen LogP contribution in [0.2, 0.25) is 0 Å². The zero-order valence-electron chi connectivity index (χ0n) is 13.9. The van der Waals surface area contributed by atoms with Crippen LogP contribution < -0.4 is 4.90 Å². The standard InChI is InChI=1S/C18H22N4OS/c1-13-4-2-5-15(12-13)17(23)21-8-3-9-22(11-10-21)18-20-19-16(24-18)14-6-7-14/h2,4-5,12,14H,3,6-11H2,1H3. The smallest absolute Gasteiger partial charge is 0.253 e. The van der Waals surface area contributed by atoms with Crippen LogP contribution in [0.5, 0.6) is 0 Å². The summed E-state index contributed by atoms with van der Waals surface area (Å²) in [6.45, 7) is 5.34. The molecule has 2 heterocycles. The molecule has 2 aliphatic rings. The van der Waals surface area contributed by atoms with Crippen molar-refractivity contribution in [2.24, 2.45) is 0 Å². The van der Waals surface area contributed by atoms with Gasteiger partial charge in [-0.3, -0.25) is 4.79 Å². The summed E-state index contributed by atoms with van der Waals surface area (Å²) < 4.78 is 0. The van der Waals surface area contributed by atoms with Crippen molar-refractivity contribution >= 4 is 22.4 Å². The number of benzene rings is 1. The van der Waals surface area contributed by atoms with E-state index >= 15 is 0 Å². The van der Waals surface area contributed by atoms with Crippen LogP contribution >= 0.6 is 11.3 Å². The Morgan fingerprint density at radius 1 is 1.17 bits per heavy atom. The third kappa shape index (κ3) is 3.29. The molecule has 0 atom stereocenters. The van der Waals surface area contributed by atoms with Crippen molar-refractivity contribution in [1.82, 2.24) is 15.1 Å². The summed E-state index contributed by atoms with van der Waals surface area (Å²) in [6.07, 6.45) is 3.48. The Hall–Kier alpha value is -1.95. The van der Waals surface area contributed by atoms with Gasteiger partial charge in [-0.1, -0.05) is 29.0 Å². The van der Waals surface area contributed by atoms with Crippen LogP contribution in [0, 0.1) is 6.92 Å². The topological polar surface area (TPSA) is 49.3 Å². The molecule has 0 unspecified atom stereocenters. The number of carbonyl (C=O) groups is 1. The molecule has 1 amide bonds. The van der Waals surface area contributed by atoms with E-state index in [2.05, 4.69) is 15.1 Å². The third-order valence-electron chi connectivity index (χ3n) is 4.68. The molecule has 24 heavy (non-hydrogen) atoms. The van der Waals surface area contributed by atoms with E-state index in [0.717, 1.165) is 48.9 Å². The lowest BCUT2D eigenvalue weighted by Gasteiger charge is -2.21. The van der Waals surface area contributed by atoms with Crippen molar-refractivity contribution in [3.05, 3.63) is 40.4 Å². The molecule has 1 aliphatic heterocycles. The van der Waals surface area contributed by atoms with Crippen molar-refractivity contribution in [2.75, 3.05) is 31.1 Å². The molecule has 0 spiro atoms. The summed E-state index contributed by atoms with van der Waals surface area (Å²) in [5, 5.41) is 10.9. The molecule has 1 saturated heterocycles. The van der Waals surface area contributed by atoms with E-state index in [1.807, 2.05) is 36.1 Å². The van der Waals surface area contributed by atoms with E-state index in [1.54, 1.807) is 11.3 Å². The number of aryl methyl sites for hydroxylation is 1. The molecule has 5 nitrogen and oxygen atoms in total. The minimum atomic E-state index is 0.136. The molecular formula is C18H22N4OS. The van der Waals surface area contributed by atoms with Gasteiger partial charge in [0.1, 0.15) is 5.01 Å². The molecule has 1 saturated carbocycles. The van der Waals surface area contributed by atoms with Gasteiger partial charge in [-0.25, -0.2) is 0 Å². The second-order valence-corrected chi connectivity index (χ2v) is 7.69.